The lowest BCUT2D eigenvalue weighted by Gasteiger charge is -2.15. The molecule has 1 atom stereocenters. The summed E-state index contributed by atoms with van der Waals surface area (Å²) in [5.41, 5.74) is 5.42. The van der Waals surface area contributed by atoms with Gasteiger partial charge in [0.05, 0.1) is 4.99 Å². The van der Waals surface area contributed by atoms with Crippen LogP contribution in [-0.2, 0) is 4.79 Å². The zero-order chi connectivity index (χ0) is 9.84. The minimum atomic E-state index is 0.130. The first-order chi connectivity index (χ1) is 6.13. The van der Waals surface area contributed by atoms with Crippen molar-refractivity contribution in [1.29, 1.82) is 0 Å². The lowest BCUT2D eigenvalue weighted by atomic mass is 10.1. The summed E-state index contributed by atoms with van der Waals surface area (Å²) in [5.74, 6) is 0.434. The van der Waals surface area contributed by atoms with Gasteiger partial charge in [-0.15, -0.1) is 0 Å². The largest absolute Gasteiger partial charge is 0.393 e. The van der Waals surface area contributed by atoms with Crippen LogP contribution in [-0.4, -0.2) is 16.9 Å². The third-order valence-electron chi connectivity index (χ3n) is 2.23. The van der Waals surface area contributed by atoms with Crippen LogP contribution in [0.3, 0.4) is 0 Å². The highest BCUT2D eigenvalue weighted by Crippen LogP contribution is 2.29. The topological polar surface area (TPSA) is 55.1 Å². The molecule has 3 N–H and O–H groups in total. The molecule has 0 aliphatic heterocycles. The summed E-state index contributed by atoms with van der Waals surface area (Å²) in [7, 11) is 0. The molecule has 0 radical (unpaired) electrons. The Morgan fingerprint density at radius 2 is 2.31 bits per heavy atom. The van der Waals surface area contributed by atoms with E-state index in [9.17, 15) is 4.79 Å². The molecule has 74 valence electrons. The van der Waals surface area contributed by atoms with Gasteiger partial charge in [0.2, 0.25) is 5.91 Å². The van der Waals surface area contributed by atoms with Crippen LogP contribution in [0, 0.1) is 5.92 Å². The number of thiocarbonyl (C=S) groups is 1. The van der Waals surface area contributed by atoms with Gasteiger partial charge in [-0.25, -0.2) is 0 Å². The van der Waals surface area contributed by atoms with Gasteiger partial charge in [-0.3, -0.25) is 4.79 Å². The van der Waals surface area contributed by atoms with E-state index in [-0.39, 0.29) is 17.9 Å². The Kier molecular flexibility index (Phi) is 3.66. The normalized spacial score (nSPS) is 17.9. The van der Waals surface area contributed by atoms with E-state index >= 15 is 0 Å². The Hall–Kier alpha value is -0.640. The Bertz CT molecular complexity index is 214. The molecule has 0 spiro atoms. The first-order valence-corrected chi connectivity index (χ1v) is 5.13. The highest BCUT2D eigenvalue weighted by atomic mass is 32.1. The SMILES string of the molecule is CCC(CC(N)=S)NC(=O)C1CC1. The Labute approximate surface area is 84.1 Å². The first-order valence-electron chi connectivity index (χ1n) is 4.72. The van der Waals surface area contributed by atoms with Crippen LogP contribution in [0.25, 0.3) is 0 Å². The molecule has 0 aromatic rings. The average Bonchev–Trinajstić information content (AvgIpc) is 2.84. The minimum absolute atomic E-state index is 0.130. The van der Waals surface area contributed by atoms with Crippen molar-refractivity contribution in [2.24, 2.45) is 11.7 Å². The number of nitrogens with one attached hydrogen (secondary N) is 1. The van der Waals surface area contributed by atoms with Crippen LogP contribution >= 0.6 is 12.2 Å². The van der Waals surface area contributed by atoms with Crippen molar-refractivity contribution >= 4 is 23.1 Å². The molecule has 4 heteroatoms. The standard InChI is InChI=1S/C9H16N2OS/c1-2-7(5-8(10)13)11-9(12)6-3-4-6/h6-7H,2-5H2,1H3,(H2,10,13)(H,11,12). The fourth-order valence-corrected chi connectivity index (χ4v) is 1.41. The molecule has 1 amide bonds. The maximum atomic E-state index is 11.4. The second kappa shape index (κ2) is 4.56. The molecule has 1 aliphatic rings. The number of carbonyl (C=O) groups is 1. The van der Waals surface area contributed by atoms with Crippen molar-refractivity contribution in [2.75, 3.05) is 0 Å². The van der Waals surface area contributed by atoms with E-state index in [4.69, 9.17) is 18.0 Å². The van der Waals surface area contributed by atoms with Gasteiger partial charge in [-0.1, -0.05) is 19.1 Å². The Balaban J connectivity index is 2.29. The average molecular weight is 200 g/mol. The number of hydrogen-bond donors (Lipinski definition) is 2. The van der Waals surface area contributed by atoms with Crippen LogP contribution in [0.5, 0.6) is 0 Å². The third-order valence-corrected chi connectivity index (χ3v) is 2.40. The lowest BCUT2D eigenvalue weighted by molar-refractivity contribution is -0.122. The zero-order valence-electron chi connectivity index (χ0n) is 7.88. The minimum Gasteiger partial charge on any atom is -0.393 e. The molecule has 1 saturated carbocycles. The van der Waals surface area contributed by atoms with Crippen LogP contribution in [0.4, 0.5) is 0 Å². The van der Waals surface area contributed by atoms with Crippen LogP contribution in [0.2, 0.25) is 0 Å². The second-order valence-corrected chi connectivity index (χ2v) is 4.08. The number of hydrogen-bond acceptors (Lipinski definition) is 2. The third kappa shape index (κ3) is 3.72. The lowest BCUT2D eigenvalue weighted by Crippen LogP contribution is -2.37. The summed E-state index contributed by atoms with van der Waals surface area (Å²) in [4.78, 5) is 11.8. The van der Waals surface area contributed by atoms with Crippen LogP contribution in [0.1, 0.15) is 32.6 Å². The number of amides is 1. The highest BCUT2D eigenvalue weighted by molar-refractivity contribution is 7.80. The van der Waals surface area contributed by atoms with Gasteiger partial charge >= 0.3 is 0 Å². The monoisotopic (exact) mass is 200 g/mol. The van der Waals surface area contributed by atoms with Crippen molar-refractivity contribution in [3.63, 3.8) is 0 Å². The fraction of sp³-hybridized carbons (Fsp3) is 0.778. The predicted molar refractivity (Wildman–Crippen MR) is 56.3 cm³/mol. The van der Waals surface area contributed by atoms with Crippen molar-refractivity contribution < 1.29 is 4.79 Å². The van der Waals surface area contributed by atoms with Gasteiger partial charge in [0.1, 0.15) is 0 Å². The summed E-state index contributed by atoms with van der Waals surface area (Å²) < 4.78 is 0. The Morgan fingerprint density at radius 3 is 2.69 bits per heavy atom. The summed E-state index contributed by atoms with van der Waals surface area (Å²) >= 11 is 4.80. The van der Waals surface area contributed by atoms with Crippen molar-refractivity contribution in [1.82, 2.24) is 5.32 Å². The van der Waals surface area contributed by atoms with Crippen molar-refractivity contribution in [2.45, 2.75) is 38.6 Å². The van der Waals surface area contributed by atoms with Gasteiger partial charge < -0.3 is 11.1 Å². The number of rotatable bonds is 5. The molecule has 0 aromatic carbocycles. The van der Waals surface area contributed by atoms with E-state index in [0.29, 0.717) is 11.4 Å². The maximum absolute atomic E-state index is 11.4. The second-order valence-electron chi connectivity index (χ2n) is 3.56. The quantitative estimate of drug-likeness (QED) is 0.650. The smallest absolute Gasteiger partial charge is 0.223 e. The summed E-state index contributed by atoms with van der Waals surface area (Å²) in [5, 5.41) is 2.95. The summed E-state index contributed by atoms with van der Waals surface area (Å²) in [6.45, 7) is 2.02. The number of nitrogens with two attached hydrogens (primary N) is 1. The van der Waals surface area contributed by atoms with Gasteiger partial charge in [-0.2, -0.15) is 0 Å². The van der Waals surface area contributed by atoms with Crippen molar-refractivity contribution in [3.05, 3.63) is 0 Å². The molecule has 0 bridgehead atoms. The van der Waals surface area contributed by atoms with E-state index in [0.717, 1.165) is 19.3 Å². The predicted octanol–water partition coefficient (Wildman–Crippen LogP) is 0.967. The van der Waals surface area contributed by atoms with Gasteiger partial charge in [0.15, 0.2) is 0 Å². The van der Waals surface area contributed by atoms with Gasteiger partial charge in [0.25, 0.3) is 0 Å². The van der Waals surface area contributed by atoms with E-state index in [1.165, 1.54) is 0 Å². The molecule has 0 saturated heterocycles. The first kappa shape index (κ1) is 10.4. The maximum Gasteiger partial charge on any atom is 0.223 e. The van der Waals surface area contributed by atoms with Crippen molar-refractivity contribution in [3.8, 4) is 0 Å². The highest BCUT2D eigenvalue weighted by Gasteiger charge is 2.30. The van der Waals surface area contributed by atoms with Gasteiger partial charge in [-0.05, 0) is 19.3 Å². The molecular weight excluding hydrogens is 184 g/mol. The van der Waals surface area contributed by atoms with E-state index in [2.05, 4.69) is 5.32 Å². The Morgan fingerprint density at radius 1 is 1.69 bits per heavy atom. The van der Waals surface area contributed by atoms with E-state index in [1.807, 2.05) is 6.92 Å². The zero-order valence-corrected chi connectivity index (χ0v) is 8.69. The molecule has 1 aliphatic carbocycles. The molecule has 0 aromatic heterocycles. The van der Waals surface area contributed by atoms with Gasteiger partial charge in [0, 0.05) is 18.4 Å². The van der Waals surface area contributed by atoms with Crippen LogP contribution in [0.15, 0.2) is 0 Å². The van der Waals surface area contributed by atoms with E-state index < -0.39 is 0 Å². The van der Waals surface area contributed by atoms with E-state index in [1.54, 1.807) is 0 Å². The molecular formula is C9H16N2OS. The molecule has 3 nitrogen and oxygen atoms in total. The fourth-order valence-electron chi connectivity index (χ4n) is 1.20. The summed E-state index contributed by atoms with van der Waals surface area (Å²) in [6, 6.07) is 0.130. The molecule has 1 fully saturated rings. The molecule has 0 heterocycles. The van der Waals surface area contributed by atoms with Crippen LogP contribution < -0.4 is 11.1 Å². The molecule has 1 rings (SSSR count). The summed E-state index contributed by atoms with van der Waals surface area (Å²) in [6.07, 6.45) is 3.57. The molecule has 1 unspecified atom stereocenters. The molecule has 13 heavy (non-hydrogen) atoms. The number of carbonyl (C=O) groups excluding carboxylic acids is 1.